The van der Waals surface area contributed by atoms with E-state index >= 15 is 0 Å². The van der Waals surface area contributed by atoms with E-state index in [0.29, 0.717) is 12.4 Å². The normalized spacial score (nSPS) is 17.1. The molecule has 2 rings (SSSR count). The van der Waals surface area contributed by atoms with E-state index in [1.807, 2.05) is 0 Å². The molecule has 1 aromatic carbocycles. The predicted octanol–water partition coefficient (Wildman–Crippen LogP) is 0.580. The van der Waals surface area contributed by atoms with Crippen molar-refractivity contribution >= 4 is 10.0 Å². The summed E-state index contributed by atoms with van der Waals surface area (Å²) in [5, 5.41) is 0. The van der Waals surface area contributed by atoms with Crippen molar-refractivity contribution in [2.45, 2.75) is 4.90 Å². The molecule has 1 fully saturated rings. The van der Waals surface area contributed by atoms with E-state index in [0.717, 1.165) is 45.9 Å². The summed E-state index contributed by atoms with van der Waals surface area (Å²) < 4.78 is 36.1. The number of hydrogen-bond donors (Lipinski definition) is 0. The van der Waals surface area contributed by atoms with Crippen molar-refractivity contribution in [3.05, 3.63) is 24.3 Å². The standard InChI is InChI=1S/C17H29N3O4S/c1-18(2)25(21,22)17-6-4-16(5-7-17)24-15-13-20-10-8-19(9-11-20)12-14-23-3/h4-7H,8-15H2,1-3H3. The predicted molar refractivity (Wildman–Crippen MR) is 97.6 cm³/mol. The van der Waals surface area contributed by atoms with Gasteiger partial charge in [-0.25, -0.2) is 12.7 Å². The highest BCUT2D eigenvalue weighted by molar-refractivity contribution is 7.89. The monoisotopic (exact) mass is 371 g/mol. The molecule has 0 aliphatic carbocycles. The van der Waals surface area contributed by atoms with Crippen molar-refractivity contribution in [2.75, 3.05) is 73.7 Å². The Labute approximate surface area is 151 Å². The average Bonchev–Trinajstić information content (AvgIpc) is 2.61. The van der Waals surface area contributed by atoms with Gasteiger partial charge in [-0.15, -0.1) is 0 Å². The van der Waals surface area contributed by atoms with Gasteiger partial charge in [0.05, 0.1) is 11.5 Å². The Balaban J connectivity index is 1.72. The Morgan fingerprint density at radius 1 is 0.960 bits per heavy atom. The number of ether oxygens (including phenoxy) is 2. The molecule has 0 radical (unpaired) electrons. The number of benzene rings is 1. The van der Waals surface area contributed by atoms with Gasteiger partial charge >= 0.3 is 0 Å². The van der Waals surface area contributed by atoms with Crippen LogP contribution in [0.25, 0.3) is 0 Å². The largest absolute Gasteiger partial charge is 0.492 e. The minimum Gasteiger partial charge on any atom is -0.492 e. The molecular formula is C17H29N3O4S. The fourth-order valence-corrected chi connectivity index (χ4v) is 3.57. The molecule has 1 aliphatic rings. The van der Waals surface area contributed by atoms with Crippen molar-refractivity contribution in [2.24, 2.45) is 0 Å². The lowest BCUT2D eigenvalue weighted by molar-refractivity contribution is 0.0894. The van der Waals surface area contributed by atoms with E-state index in [9.17, 15) is 8.42 Å². The average molecular weight is 372 g/mol. The van der Waals surface area contributed by atoms with Crippen LogP contribution in [0.5, 0.6) is 5.75 Å². The highest BCUT2D eigenvalue weighted by Gasteiger charge is 2.17. The second-order valence-corrected chi connectivity index (χ2v) is 8.44. The Kier molecular flexibility index (Phi) is 7.64. The Morgan fingerprint density at radius 3 is 1.96 bits per heavy atom. The van der Waals surface area contributed by atoms with E-state index in [4.69, 9.17) is 9.47 Å². The highest BCUT2D eigenvalue weighted by Crippen LogP contribution is 2.18. The van der Waals surface area contributed by atoms with Crippen LogP contribution in [0, 0.1) is 0 Å². The number of hydrogen-bond acceptors (Lipinski definition) is 6. The summed E-state index contributed by atoms with van der Waals surface area (Å²) >= 11 is 0. The molecule has 0 unspecified atom stereocenters. The zero-order valence-electron chi connectivity index (χ0n) is 15.3. The summed E-state index contributed by atoms with van der Waals surface area (Å²) in [5.41, 5.74) is 0. The van der Waals surface area contributed by atoms with Crippen LogP contribution in [0.3, 0.4) is 0 Å². The quantitative estimate of drug-likeness (QED) is 0.633. The van der Waals surface area contributed by atoms with Gasteiger partial charge in [0.2, 0.25) is 10.0 Å². The van der Waals surface area contributed by atoms with E-state index in [1.165, 1.54) is 18.4 Å². The number of sulfonamides is 1. The van der Waals surface area contributed by atoms with Crippen LogP contribution in [-0.2, 0) is 14.8 Å². The molecular weight excluding hydrogens is 342 g/mol. The maximum Gasteiger partial charge on any atom is 0.242 e. The van der Waals surface area contributed by atoms with Gasteiger partial charge in [0.25, 0.3) is 0 Å². The maximum atomic E-state index is 12.0. The van der Waals surface area contributed by atoms with E-state index < -0.39 is 10.0 Å². The molecule has 7 nitrogen and oxygen atoms in total. The molecule has 1 heterocycles. The molecule has 1 saturated heterocycles. The second kappa shape index (κ2) is 9.49. The number of piperazine rings is 1. The molecule has 0 aromatic heterocycles. The molecule has 0 amide bonds. The molecule has 0 N–H and O–H groups in total. The third-order valence-corrected chi connectivity index (χ3v) is 6.18. The maximum absolute atomic E-state index is 12.0. The first-order valence-electron chi connectivity index (χ1n) is 8.52. The summed E-state index contributed by atoms with van der Waals surface area (Å²) in [6, 6.07) is 6.58. The van der Waals surface area contributed by atoms with Gasteiger partial charge in [0.1, 0.15) is 12.4 Å². The Bertz CT molecular complexity index is 611. The van der Waals surface area contributed by atoms with E-state index in [-0.39, 0.29) is 4.90 Å². The van der Waals surface area contributed by atoms with Crippen LogP contribution in [0.15, 0.2) is 29.2 Å². The first-order chi connectivity index (χ1) is 11.9. The van der Waals surface area contributed by atoms with Crippen molar-refractivity contribution in [3.63, 3.8) is 0 Å². The van der Waals surface area contributed by atoms with Gasteiger partial charge in [-0.1, -0.05) is 0 Å². The molecule has 1 aromatic rings. The lowest BCUT2D eigenvalue weighted by Crippen LogP contribution is -2.48. The summed E-state index contributed by atoms with van der Waals surface area (Å²) in [4.78, 5) is 5.07. The molecule has 1 aliphatic heterocycles. The number of nitrogens with zero attached hydrogens (tertiary/aromatic N) is 3. The second-order valence-electron chi connectivity index (χ2n) is 6.28. The van der Waals surface area contributed by atoms with Crippen LogP contribution >= 0.6 is 0 Å². The van der Waals surface area contributed by atoms with Crippen LogP contribution in [0.2, 0.25) is 0 Å². The Hall–Kier alpha value is -1.19. The van der Waals surface area contributed by atoms with Gasteiger partial charge in [0, 0.05) is 60.5 Å². The molecule has 0 spiro atoms. The van der Waals surface area contributed by atoms with Crippen LogP contribution < -0.4 is 4.74 Å². The fraction of sp³-hybridized carbons (Fsp3) is 0.647. The summed E-state index contributed by atoms with van der Waals surface area (Å²) in [6.45, 7) is 7.42. The number of methoxy groups -OCH3 is 1. The minimum atomic E-state index is -3.39. The van der Waals surface area contributed by atoms with Gasteiger partial charge in [-0.3, -0.25) is 9.80 Å². The smallest absolute Gasteiger partial charge is 0.242 e. The number of rotatable bonds is 9. The van der Waals surface area contributed by atoms with Gasteiger partial charge < -0.3 is 9.47 Å². The molecule has 142 valence electrons. The van der Waals surface area contributed by atoms with Crippen molar-refractivity contribution in [3.8, 4) is 5.75 Å². The lowest BCUT2D eigenvalue weighted by atomic mass is 10.3. The molecule has 8 heteroatoms. The molecule has 0 saturated carbocycles. The third kappa shape index (κ3) is 5.93. The molecule has 25 heavy (non-hydrogen) atoms. The molecule has 0 bridgehead atoms. The van der Waals surface area contributed by atoms with Crippen LogP contribution in [-0.4, -0.2) is 96.2 Å². The van der Waals surface area contributed by atoms with E-state index in [1.54, 1.807) is 31.4 Å². The summed E-state index contributed by atoms with van der Waals surface area (Å²) in [6.07, 6.45) is 0. The van der Waals surface area contributed by atoms with Gasteiger partial charge in [-0.05, 0) is 24.3 Å². The van der Waals surface area contributed by atoms with Crippen molar-refractivity contribution < 1.29 is 17.9 Å². The first-order valence-corrected chi connectivity index (χ1v) is 9.96. The zero-order chi connectivity index (χ0) is 18.3. The van der Waals surface area contributed by atoms with Crippen LogP contribution in [0.1, 0.15) is 0 Å². The minimum absolute atomic E-state index is 0.275. The summed E-state index contributed by atoms with van der Waals surface area (Å²) in [7, 11) is 1.39. The van der Waals surface area contributed by atoms with Crippen molar-refractivity contribution in [1.82, 2.24) is 14.1 Å². The lowest BCUT2D eigenvalue weighted by Gasteiger charge is -2.34. The first kappa shape index (κ1) is 20.1. The van der Waals surface area contributed by atoms with E-state index in [2.05, 4.69) is 9.80 Å². The fourth-order valence-electron chi connectivity index (χ4n) is 2.67. The Morgan fingerprint density at radius 2 is 1.48 bits per heavy atom. The van der Waals surface area contributed by atoms with Gasteiger partial charge in [-0.2, -0.15) is 0 Å². The summed E-state index contributed by atoms with van der Waals surface area (Å²) in [5.74, 6) is 0.691. The SMILES string of the molecule is COCCN1CCN(CCOc2ccc(S(=O)(=O)N(C)C)cc2)CC1. The van der Waals surface area contributed by atoms with Gasteiger partial charge in [0.15, 0.2) is 0 Å². The zero-order valence-corrected chi connectivity index (χ0v) is 16.2. The topological polar surface area (TPSA) is 62.3 Å². The third-order valence-electron chi connectivity index (χ3n) is 4.36. The van der Waals surface area contributed by atoms with Crippen LogP contribution in [0.4, 0.5) is 0 Å². The van der Waals surface area contributed by atoms with Crippen molar-refractivity contribution in [1.29, 1.82) is 0 Å². The highest BCUT2D eigenvalue weighted by atomic mass is 32.2. The molecule has 0 atom stereocenters.